The van der Waals surface area contributed by atoms with Gasteiger partial charge in [-0.25, -0.2) is 9.79 Å². The summed E-state index contributed by atoms with van der Waals surface area (Å²) in [5, 5.41) is 0. The Balaban J connectivity index is 1.80. The fourth-order valence-electron chi connectivity index (χ4n) is 5.12. The molecule has 9 nitrogen and oxygen atoms in total. The molecule has 0 saturated heterocycles. The number of para-hydroxylation sites is 1. The summed E-state index contributed by atoms with van der Waals surface area (Å²) in [6, 6.07) is 11.9. The highest BCUT2D eigenvalue weighted by Crippen LogP contribution is 2.37. The molecular weight excluding hydrogens is 518 g/mol. The van der Waals surface area contributed by atoms with E-state index in [1.54, 1.807) is 30.0 Å². The van der Waals surface area contributed by atoms with Crippen molar-refractivity contribution in [2.24, 2.45) is 4.99 Å². The fourth-order valence-corrected chi connectivity index (χ4v) is 6.26. The van der Waals surface area contributed by atoms with Gasteiger partial charge in [-0.05, 0) is 37.1 Å². The number of methoxy groups -OCH3 is 3. The lowest BCUT2D eigenvalue weighted by atomic mass is 9.95. The third-order valence-corrected chi connectivity index (χ3v) is 8.06. The maximum Gasteiger partial charge on any atom is 0.338 e. The van der Waals surface area contributed by atoms with E-state index in [1.165, 1.54) is 25.9 Å². The number of ether oxygens (including phenoxy) is 3. The number of hydrogen-bond donors (Lipinski definition) is 0. The summed E-state index contributed by atoms with van der Waals surface area (Å²) in [6.45, 7) is 4.35. The van der Waals surface area contributed by atoms with Gasteiger partial charge in [-0.3, -0.25) is 14.2 Å². The van der Waals surface area contributed by atoms with Gasteiger partial charge in [0.2, 0.25) is 0 Å². The number of hydrogen-bond acceptors (Lipinski definition) is 8. The van der Waals surface area contributed by atoms with Crippen molar-refractivity contribution in [2.45, 2.75) is 32.7 Å². The molecular formula is C29H29N3O6S. The van der Waals surface area contributed by atoms with Crippen molar-refractivity contribution in [3.63, 3.8) is 0 Å². The molecule has 0 N–H and O–H groups in total. The summed E-state index contributed by atoms with van der Waals surface area (Å²) >= 11 is 1.15. The summed E-state index contributed by atoms with van der Waals surface area (Å²) in [5.41, 5.74) is 2.75. The highest BCUT2D eigenvalue weighted by molar-refractivity contribution is 7.07. The van der Waals surface area contributed by atoms with Gasteiger partial charge >= 0.3 is 5.97 Å². The normalized spacial score (nSPS) is 17.5. The predicted molar refractivity (Wildman–Crippen MR) is 148 cm³/mol. The van der Waals surface area contributed by atoms with Gasteiger partial charge < -0.3 is 19.1 Å². The monoisotopic (exact) mass is 547 g/mol. The highest BCUT2D eigenvalue weighted by atomic mass is 32.1. The minimum atomic E-state index is -0.842. The first-order valence-electron chi connectivity index (χ1n) is 12.6. The van der Waals surface area contributed by atoms with Gasteiger partial charge in [0.25, 0.3) is 11.5 Å². The molecule has 1 aromatic heterocycles. The smallest absolute Gasteiger partial charge is 0.338 e. The van der Waals surface area contributed by atoms with Gasteiger partial charge in [-0.15, -0.1) is 0 Å². The Labute approximate surface area is 229 Å². The molecule has 0 fully saturated rings. The Kier molecular flexibility index (Phi) is 7.14. The summed E-state index contributed by atoms with van der Waals surface area (Å²) < 4.78 is 17.7. The molecule has 0 aliphatic carbocycles. The standard InChI is InChI=1S/C29H29N3O6S/c1-6-7-14-31-19-11-9-8-10-18(19)23(26(31)33)25-27(34)32-24(17-12-13-20(36-3)21(15-17)37-4)22(28(35)38-5)16(2)30-29(32)39-25/h8-13,15,24H,6-7,14H2,1-5H3. The molecule has 0 radical (unpaired) electrons. The van der Waals surface area contributed by atoms with Crippen molar-refractivity contribution < 1.29 is 23.8 Å². The van der Waals surface area contributed by atoms with E-state index in [9.17, 15) is 14.4 Å². The Morgan fingerprint density at radius 2 is 1.79 bits per heavy atom. The first-order chi connectivity index (χ1) is 18.9. The molecule has 2 aliphatic rings. The zero-order valence-corrected chi connectivity index (χ0v) is 23.3. The van der Waals surface area contributed by atoms with Gasteiger partial charge in [0.15, 0.2) is 16.3 Å². The SMILES string of the molecule is CCCCN1C(=O)C(=c2sc3n(c2=O)C(c2ccc(OC)c(OC)c2)C(C(=O)OC)=C(C)N=3)c2ccccc21. The fraction of sp³-hybridized carbons (Fsp3) is 0.310. The minimum Gasteiger partial charge on any atom is -0.493 e. The van der Waals surface area contributed by atoms with Crippen molar-refractivity contribution in [1.29, 1.82) is 0 Å². The number of esters is 1. The lowest BCUT2D eigenvalue weighted by Crippen LogP contribution is -2.41. The lowest BCUT2D eigenvalue weighted by Gasteiger charge is -2.25. The molecule has 3 aromatic rings. The Morgan fingerprint density at radius 3 is 2.49 bits per heavy atom. The minimum absolute atomic E-state index is 0.207. The van der Waals surface area contributed by atoms with E-state index in [1.807, 2.05) is 24.3 Å². The van der Waals surface area contributed by atoms with Crippen LogP contribution in [0.3, 0.4) is 0 Å². The number of nitrogens with zero attached hydrogens (tertiary/aromatic N) is 3. The third kappa shape index (κ3) is 4.24. The molecule has 1 atom stereocenters. The van der Waals surface area contributed by atoms with Gasteiger partial charge in [0.1, 0.15) is 4.53 Å². The lowest BCUT2D eigenvalue weighted by molar-refractivity contribution is -0.136. The number of allylic oxidation sites excluding steroid dienone is 1. The van der Waals surface area contributed by atoms with Crippen molar-refractivity contribution in [3.8, 4) is 11.5 Å². The topological polar surface area (TPSA) is 99.4 Å². The number of anilines is 1. The molecule has 39 heavy (non-hydrogen) atoms. The van der Waals surface area contributed by atoms with Crippen LogP contribution in [0.2, 0.25) is 0 Å². The van der Waals surface area contributed by atoms with Crippen LogP contribution in [0.15, 0.2) is 63.5 Å². The number of fused-ring (bicyclic) bond motifs is 2. The Morgan fingerprint density at radius 1 is 1.05 bits per heavy atom. The van der Waals surface area contributed by atoms with Crippen molar-refractivity contribution in [3.05, 3.63) is 84.5 Å². The average Bonchev–Trinajstić information content (AvgIpc) is 3.42. The number of unbranched alkanes of at least 4 members (excludes halogenated alkanes) is 1. The van der Waals surface area contributed by atoms with Crippen LogP contribution in [-0.4, -0.2) is 44.3 Å². The quantitative estimate of drug-likeness (QED) is 0.422. The van der Waals surface area contributed by atoms with Crippen molar-refractivity contribution in [1.82, 2.24) is 4.57 Å². The molecule has 1 amide bonds. The highest BCUT2D eigenvalue weighted by Gasteiger charge is 2.37. The number of carbonyl (C=O) groups is 2. The van der Waals surface area contributed by atoms with Gasteiger partial charge in [0.05, 0.1) is 49.9 Å². The summed E-state index contributed by atoms with van der Waals surface area (Å²) in [6.07, 6.45) is 1.78. The second-order valence-electron chi connectivity index (χ2n) is 9.21. The summed E-state index contributed by atoms with van der Waals surface area (Å²) in [5.74, 6) is 0.158. The molecule has 2 aliphatic heterocycles. The van der Waals surface area contributed by atoms with Crippen LogP contribution in [0.5, 0.6) is 11.5 Å². The van der Waals surface area contributed by atoms with E-state index >= 15 is 0 Å². The molecule has 5 rings (SSSR count). The molecule has 202 valence electrons. The number of carbonyl (C=O) groups excluding carboxylic acids is 2. The molecule has 1 unspecified atom stereocenters. The summed E-state index contributed by atoms with van der Waals surface area (Å²) in [4.78, 5) is 47.7. The van der Waals surface area contributed by atoms with E-state index in [2.05, 4.69) is 11.9 Å². The van der Waals surface area contributed by atoms with Crippen molar-refractivity contribution >= 4 is 34.5 Å². The zero-order chi connectivity index (χ0) is 27.8. The number of aromatic nitrogens is 1. The van der Waals surface area contributed by atoms with Gasteiger partial charge in [0, 0.05) is 12.1 Å². The number of rotatable bonds is 7. The zero-order valence-electron chi connectivity index (χ0n) is 22.4. The number of benzene rings is 2. The maximum atomic E-state index is 14.2. The summed E-state index contributed by atoms with van der Waals surface area (Å²) in [7, 11) is 4.34. The third-order valence-electron chi connectivity index (χ3n) is 7.01. The number of thiazole rings is 1. The molecule has 0 saturated carbocycles. The van der Waals surface area contributed by atoms with Crippen LogP contribution in [0.1, 0.15) is 43.9 Å². The van der Waals surface area contributed by atoms with E-state index in [-0.39, 0.29) is 16.0 Å². The average molecular weight is 548 g/mol. The molecule has 0 bridgehead atoms. The molecule has 0 spiro atoms. The Bertz CT molecular complexity index is 1700. The van der Waals surface area contributed by atoms with Gasteiger partial charge in [-0.1, -0.05) is 48.9 Å². The second-order valence-corrected chi connectivity index (χ2v) is 10.2. The second kappa shape index (κ2) is 10.5. The van der Waals surface area contributed by atoms with Crippen LogP contribution in [-0.2, 0) is 14.3 Å². The van der Waals surface area contributed by atoms with Crippen LogP contribution in [0.25, 0.3) is 5.57 Å². The van der Waals surface area contributed by atoms with E-state index in [0.29, 0.717) is 39.7 Å². The molecule has 10 heteroatoms. The first kappa shape index (κ1) is 26.4. The predicted octanol–water partition coefficient (Wildman–Crippen LogP) is 2.94. The van der Waals surface area contributed by atoms with E-state index in [0.717, 1.165) is 35.4 Å². The largest absolute Gasteiger partial charge is 0.493 e. The van der Waals surface area contributed by atoms with Crippen LogP contribution >= 0.6 is 11.3 Å². The van der Waals surface area contributed by atoms with Crippen LogP contribution in [0, 0.1) is 0 Å². The van der Waals surface area contributed by atoms with Crippen molar-refractivity contribution in [2.75, 3.05) is 32.8 Å². The molecule has 3 heterocycles. The van der Waals surface area contributed by atoms with E-state index in [4.69, 9.17) is 14.2 Å². The first-order valence-corrected chi connectivity index (χ1v) is 13.4. The van der Waals surface area contributed by atoms with Crippen LogP contribution < -0.4 is 29.3 Å². The Hall–Kier alpha value is -4.18. The molecule has 2 aromatic carbocycles. The van der Waals surface area contributed by atoms with Crippen LogP contribution in [0.4, 0.5) is 5.69 Å². The number of amides is 1. The maximum absolute atomic E-state index is 14.2. The van der Waals surface area contributed by atoms with E-state index < -0.39 is 17.6 Å². The van der Waals surface area contributed by atoms with Gasteiger partial charge in [-0.2, -0.15) is 0 Å².